The second-order valence-electron chi connectivity index (χ2n) is 3.53. The van der Waals surface area contributed by atoms with Crippen LogP contribution in [0.5, 0.6) is 5.75 Å². The van der Waals surface area contributed by atoms with Crippen molar-refractivity contribution in [2.24, 2.45) is 0 Å². The molecule has 0 unspecified atom stereocenters. The van der Waals surface area contributed by atoms with E-state index < -0.39 is 5.97 Å². The highest BCUT2D eigenvalue weighted by Crippen LogP contribution is 2.21. The molecule has 0 aliphatic rings. The largest absolute Gasteiger partial charge is 0.423 e. The molecule has 4 nitrogen and oxygen atoms in total. The van der Waals surface area contributed by atoms with Crippen LogP contribution in [0.3, 0.4) is 0 Å². The van der Waals surface area contributed by atoms with E-state index in [0.29, 0.717) is 5.56 Å². The Morgan fingerprint density at radius 3 is 2.79 bits per heavy atom. The van der Waals surface area contributed by atoms with Crippen molar-refractivity contribution in [3.8, 4) is 11.8 Å². The summed E-state index contributed by atoms with van der Waals surface area (Å²) in [7, 11) is 0. The number of benzene rings is 1. The first kappa shape index (κ1) is 13.3. The number of esters is 1. The zero-order valence-corrected chi connectivity index (χ0v) is 10.9. The summed E-state index contributed by atoms with van der Waals surface area (Å²) in [4.78, 5) is 15.6. The van der Waals surface area contributed by atoms with E-state index in [4.69, 9.17) is 33.2 Å². The molecule has 1 aromatic carbocycles. The van der Waals surface area contributed by atoms with Gasteiger partial charge in [0.15, 0.2) is 0 Å². The topological polar surface area (TPSA) is 63.0 Å². The van der Waals surface area contributed by atoms with Gasteiger partial charge in [0.05, 0.1) is 22.2 Å². The molecule has 94 valence electrons. The van der Waals surface area contributed by atoms with Crippen molar-refractivity contribution in [1.82, 2.24) is 4.98 Å². The average molecular weight is 293 g/mol. The lowest BCUT2D eigenvalue weighted by Crippen LogP contribution is -2.09. The first-order valence-corrected chi connectivity index (χ1v) is 5.89. The monoisotopic (exact) mass is 292 g/mol. The summed E-state index contributed by atoms with van der Waals surface area (Å²) >= 11 is 11.4. The smallest absolute Gasteiger partial charge is 0.345 e. The lowest BCUT2D eigenvalue weighted by Gasteiger charge is -2.04. The van der Waals surface area contributed by atoms with Crippen molar-refractivity contribution in [2.45, 2.75) is 0 Å². The molecule has 19 heavy (non-hydrogen) atoms. The zero-order valence-electron chi connectivity index (χ0n) is 9.43. The molecular weight excluding hydrogens is 287 g/mol. The predicted molar refractivity (Wildman–Crippen MR) is 70.4 cm³/mol. The summed E-state index contributed by atoms with van der Waals surface area (Å²) in [5.41, 5.74) is 0.578. The van der Waals surface area contributed by atoms with Crippen molar-refractivity contribution in [1.29, 1.82) is 5.26 Å². The number of nitrogens with zero attached hydrogens (tertiary/aromatic N) is 2. The Morgan fingerprint density at radius 2 is 2.11 bits per heavy atom. The minimum atomic E-state index is -0.624. The molecule has 0 saturated carbocycles. The molecule has 1 heterocycles. The van der Waals surface area contributed by atoms with Crippen LogP contribution in [0.25, 0.3) is 0 Å². The van der Waals surface area contributed by atoms with Gasteiger partial charge >= 0.3 is 5.97 Å². The predicted octanol–water partition coefficient (Wildman–Crippen LogP) is 3.48. The van der Waals surface area contributed by atoms with Gasteiger partial charge in [-0.25, -0.2) is 9.78 Å². The highest BCUT2D eigenvalue weighted by atomic mass is 35.5. The van der Waals surface area contributed by atoms with Gasteiger partial charge < -0.3 is 4.74 Å². The maximum atomic E-state index is 11.8. The third-order valence-corrected chi connectivity index (χ3v) is 2.89. The summed E-state index contributed by atoms with van der Waals surface area (Å²) in [5.74, 6) is -0.351. The fourth-order valence-electron chi connectivity index (χ4n) is 1.33. The normalized spacial score (nSPS) is 9.74. The Labute approximate surface area is 119 Å². The lowest BCUT2D eigenvalue weighted by molar-refractivity contribution is 0.0734. The summed E-state index contributed by atoms with van der Waals surface area (Å²) in [6.45, 7) is 0. The minimum absolute atomic E-state index is 0.115. The molecule has 6 heteroatoms. The van der Waals surface area contributed by atoms with Crippen LogP contribution in [0.15, 0.2) is 36.5 Å². The first-order chi connectivity index (χ1) is 9.10. The molecule has 0 aliphatic carbocycles. The molecule has 0 fully saturated rings. The molecule has 1 aromatic heterocycles. The number of rotatable bonds is 2. The molecule has 0 bridgehead atoms. The second kappa shape index (κ2) is 5.70. The molecule has 0 saturated heterocycles. The van der Waals surface area contributed by atoms with E-state index in [-0.39, 0.29) is 21.5 Å². The van der Waals surface area contributed by atoms with Crippen LogP contribution in [0.4, 0.5) is 0 Å². The van der Waals surface area contributed by atoms with Crippen LogP contribution < -0.4 is 4.74 Å². The Morgan fingerprint density at radius 1 is 1.32 bits per heavy atom. The summed E-state index contributed by atoms with van der Waals surface area (Å²) < 4.78 is 5.11. The molecule has 0 amide bonds. The molecule has 0 aliphatic heterocycles. The van der Waals surface area contributed by atoms with Crippen molar-refractivity contribution >= 4 is 29.2 Å². The van der Waals surface area contributed by atoms with Crippen LogP contribution in [0.1, 0.15) is 15.9 Å². The molecule has 0 radical (unpaired) electrons. The molecule has 2 aromatic rings. The van der Waals surface area contributed by atoms with Gasteiger partial charge in [-0.1, -0.05) is 29.3 Å². The van der Waals surface area contributed by atoms with E-state index in [0.717, 1.165) is 0 Å². The highest BCUT2D eigenvalue weighted by molar-refractivity contribution is 6.41. The molecule has 2 rings (SSSR count). The maximum Gasteiger partial charge on any atom is 0.345 e. The molecule has 0 spiro atoms. The standard InChI is InChI=1S/C13H6Cl2N2O2/c14-11-5-9(7-17-12(11)15)13(18)19-10-3-1-2-8(4-10)6-16/h1-5,7H. The van der Waals surface area contributed by atoms with Crippen LogP contribution >= 0.6 is 23.2 Å². The van der Waals surface area contributed by atoms with Crippen molar-refractivity contribution in [3.05, 3.63) is 57.8 Å². The number of nitriles is 1. The number of halogens is 2. The fraction of sp³-hybridized carbons (Fsp3) is 0. The second-order valence-corrected chi connectivity index (χ2v) is 4.29. The van der Waals surface area contributed by atoms with E-state index in [1.165, 1.54) is 18.3 Å². The zero-order chi connectivity index (χ0) is 13.8. The molecule has 0 N–H and O–H groups in total. The van der Waals surface area contributed by atoms with Gasteiger partial charge in [0, 0.05) is 6.20 Å². The lowest BCUT2D eigenvalue weighted by atomic mass is 10.2. The fourth-order valence-corrected chi connectivity index (χ4v) is 1.60. The summed E-state index contributed by atoms with van der Waals surface area (Å²) in [6.07, 6.45) is 1.27. The SMILES string of the molecule is N#Cc1cccc(OC(=O)c2cnc(Cl)c(Cl)c2)c1. The van der Waals surface area contributed by atoms with E-state index in [1.54, 1.807) is 18.2 Å². The summed E-state index contributed by atoms with van der Waals surface area (Å²) in [6, 6.07) is 9.59. The number of ether oxygens (including phenoxy) is 1. The Hall–Kier alpha value is -2.09. The maximum absolute atomic E-state index is 11.8. The van der Waals surface area contributed by atoms with Gasteiger partial charge in [-0.2, -0.15) is 5.26 Å². The van der Waals surface area contributed by atoms with Crippen molar-refractivity contribution in [3.63, 3.8) is 0 Å². The average Bonchev–Trinajstić information content (AvgIpc) is 2.42. The van der Waals surface area contributed by atoms with Gasteiger partial charge in [-0.3, -0.25) is 0 Å². The van der Waals surface area contributed by atoms with Gasteiger partial charge in [-0.05, 0) is 24.3 Å². The Kier molecular flexibility index (Phi) is 4.00. The molecular formula is C13H6Cl2N2O2. The first-order valence-electron chi connectivity index (χ1n) is 5.13. The van der Waals surface area contributed by atoms with Crippen LogP contribution in [-0.2, 0) is 0 Å². The van der Waals surface area contributed by atoms with Crippen molar-refractivity contribution < 1.29 is 9.53 Å². The Balaban J connectivity index is 2.21. The number of hydrogen-bond donors (Lipinski definition) is 0. The van der Waals surface area contributed by atoms with Gasteiger partial charge in [0.1, 0.15) is 10.9 Å². The van der Waals surface area contributed by atoms with E-state index in [2.05, 4.69) is 4.98 Å². The van der Waals surface area contributed by atoms with Crippen molar-refractivity contribution in [2.75, 3.05) is 0 Å². The third-order valence-electron chi connectivity index (χ3n) is 2.21. The van der Waals surface area contributed by atoms with Crippen LogP contribution in [0, 0.1) is 11.3 Å². The van der Waals surface area contributed by atoms with Crippen LogP contribution in [-0.4, -0.2) is 11.0 Å². The minimum Gasteiger partial charge on any atom is -0.423 e. The number of carbonyl (C=O) groups is 1. The summed E-state index contributed by atoms with van der Waals surface area (Å²) in [5, 5.41) is 9.03. The van der Waals surface area contributed by atoms with E-state index in [1.807, 2.05) is 6.07 Å². The molecule has 0 atom stereocenters. The van der Waals surface area contributed by atoms with Crippen LogP contribution in [0.2, 0.25) is 10.2 Å². The van der Waals surface area contributed by atoms with Gasteiger partial charge in [0.2, 0.25) is 0 Å². The van der Waals surface area contributed by atoms with E-state index >= 15 is 0 Å². The number of carbonyl (C=O) groups excluding carboxylic acids is 1. The van der Waals surface area contributed by atoms with E-state index in [9.17, 15) is 4.79 Å². The number of aromatic nitrogens is 1. The van der Waals surface area contributed by atoms with Gasteiger partial charge in [0.25, 0.3) is 0 Å². The highest BCUT2D eigenvalue weighted by Gasteiger charge is 2.11. The Bertz CT molecular complexity index is 681. The van der Waals surface area contributed by atoms with Gasteiger partial charge in [-0.15, -0.1) is 0 Å². The number of pyridine rings is 1. The third kappa shape index (κ3) is 3.22. The quantitative estimate of drug-likeness (QED) is 0.483. The number of hydrogen-bond acceptors (Lipinski definition) is 4.